The van der Waals surface area contributed by atoms with Crippen LogP contribution in [-0.4, -0.2) is 57.9 Å². The Morgan fingerprint density at radius 2 is 1.73 bits per heavy atom. The smallest absolute Gasteiger partial charge is 0.337 e. The average Bonchev–Trinajstić information content (AvgIpc) is 2.96. The monoisotopic (exact) mass is 615 g/mol. The molecular formula is C36H49N5O4. The third kappa shape index (κ3) is 6.93. The number of ether oxygens (including phenoxy) is 2. The quantitative estimate of drug-likeness (QED) is 0.287. The molecule has 2 aliphatic heterocycles. The maximum absolute atomic E-state index is 12.8. The van der Waals surface area contributed by atoms with E-state index in [2.05, 4.69) is 51.8 Å². The van der Waals surface area contributed by atoms with E-state index in [0.29, 0.717) is 23.7 Å². The molecule has 45 heavy (non-hydrogen) atoms. The van der Waals surface area contributed by atoms with Crippen LogP contribution in [0.5, 0.6) is 5.88 Å². The van der Waals surface area contributed by atoms with Crippen LogP contribution in [0.3, 0.4) is 0 Å². The Morgan fingerprint density at radius 3 is 2.38 bits per heavy atom. The number of anilines is 2. The van der Waals surface area contributed by atoms with Gasteiger partial charge in [-0.2, -0.15) is 0 Å². The summed E-state index contributed by atoms with van der Waals surface area (Å²) in [4.78, 5) is 31.4. The molecule has 0 aliphatic carbocycles. The molecule has 3 aromatic rings. The van der Waals surface area contributed by atoms with Crippen molar-refractivity contribution < 1.29 is 19.4 Å². The van der Waals surface area contributed by atoms with Gasteiger partial charge in [0.15, 0.2) is 6.10 Å². The van der Waals surface area contributed by atoms with Crippen LogP contribution in [0.1, 0.15) is 94.1 Å². The second-order valence-corrected chi connectivity index (χ2v) is 14.2. The van der Waals surface area contributed by atoms with E-state index >= 15 is 0 Å². The minimum atomic E-state index is -1.13. The number of aryl methyl sites for hydroxylation is 2. The predicted molar refractivity (Wildman–Crippen MR) is 178 cm³/mol. The van der Waals surface area contributed by atoms with E-state index in [1.54, 1.807) is 6.33 Å². The van der Waals surface area contributed by atoms with Gasteiger partial charge in [0, 0.05) is 48.7 Å². The minimum absolute atomic E-state index is 0.241. The minimum Gasteiger partial charge on any atom is -0.479 e. The molecule has 1 fully saturated rings. The van der Waals surface area contributed by atoms with E-state index in [9.17, 15) is 9.90 Å². The second kappa shape index (κ2) is 12.6. The number of rotatable bonds is 8. The van der Waals surface area contributed by atoms with E-state index < -0.39 is 17.7 Å². The summed E-state index contributed by atoms with van der Waals surface area (Å²) in [5.41, 5.74) is 8.34. The lowest BCUT2D eigenvalue weighted by atomic mass is 9.81. The lowest BCUT2D eigenvalue weighted by Crippen LogP contribution is -2.39. The third-order valence-electron chi connectivity index (χ3n) is 9.07. The van der Waals surface area contributed by atoms with Gasteiger partial charge in [0.05, 0.1) is 23.5 Å². The van der Waals surface area contributed by atoms with Crippen molar-refractivity contribution >= 4 is 17.5 Å². The van der Waals surface area contributed by atoms with Crippen LogP contribution in [0, 0.1) is 26.2 Å². The van der Waals surface area contributed by atoms with Crippen LogP contribution in [0.25, 0.3) is 11.1 Å². The van der Waals surface area contributed by atoms with Gasteiger partial charge in [-0.25, -0.2) is 14.8 Å². The number of fused-ring (bicyclic) bond motifs is 1. The first-order valence-electron chi connectivity index (χ1n) is 16.2. The van der Waals surface area contributed by atoms with Crippen molar-refractivity contribution in [2.24, 2.45) is 5.41 Å². The normalized spacial score (nSPS) is 17.2. The number of carboxylic acid groups (broad SMARTS) is 1. The number of carboxylic acids is 1. The maximum atomic E-state index is 12.8. The molecule has 0 radical (unpaired) electrons. The van der Waals surface area contributed by atoms with Gasteiger partial charge in [-0.1, -0.05) is 32.0 Å². The number of pyridine rings is 1. The number of piperidine rings is 1. The van der Waals surface area contributed by atoms with E-state index in [-0.39, 0.29) is 5.41 Å². The average molecular weight is 616 g/mol. The van der Waals surface area contributed by atoms with E-state index in [0.717, 1.165) is 79.3 Å². The molecule has 1 saturated heterocycles. The van der Waals surface area contributed by atoms with Crippen LogP contribution in [0.2, 0.25) is 0 Å². The van der Waals surface area contributed by atoms with Crippen LogP contribution in [0.15, 0.2) is 24.5 Å². The zero-order chi connectivity index (χ0) is 32.7. The van der Waals surface area contributed by atoms with Crippen molar-refractivity contribution in [1.82, 2.24) is 15.0 Å². The van der Waals surface area contributed by atoms with E-state index in [4.69, 9.17) is 14.5 Å². The standard InChI is InChI=1S/C36H49N5O4/c1-10-44-33-22(2)32(37-21-38-33)41-16-13-25-19-26(11-12-27(25)20-41)28-23(3)39-24(4)29(31(34(42)43)45-35(5,6)7)30(28)40-17-14-36(8,9)15-18-40/h11-12,19,21,31H,10,13-18,20H2,1-9H3,(H,42,43)/t31-/m0/s1. The Hall–Kier alpha value is -3.72. The third-order valence-corrected chi connectivity index (χ3v) is 9.07. The van der Waals surface area contributed by atoms with Crippen LogP contribution in [-0.2, 0) is 22.5 Å². The molecule has 2 aliphatic rings. The van der Waals surface area contributed by atoms with Crippen LogP contribution in [0.4, 0.5) is 11.5 Å². The molecule has 5 rings (SSSR count). The van der Waals surface area contributed by atoms with Gasteiger partial charge in [-0.15, -0.1) is 0 Å². The summed E-state index contributed by atoms with van der Waals surface area (Å²) in [6, 6.07) is 6.66. The molecule has 242 valence electrons. The summed E-state index contributed by atoms with van der Waals surface area (Å²) in [5, 5.41) is 10.5. The number of hydrogen-bond donors (Lipinski definition) is 1. The van der Waals surface area contributed by atoms with Gasteiger partial charge >= 0.3 is 5.97 Å². The second-order valence-electron chi connectivity index (χ2n) is 14.2. The number of hydrogen-bond acceptors (Lipinski definition) is 8. The fraction of sp³-hybridized carbons (Fsp3) is 0.556. The first kappa shape index (κ1) is 32.7. The topological polar surface area (TPSA) is 101 Å². The van der Waals surface area contributed by atoms with Gasteiger partial charge in [-0.3, -0.25) is 4.98 Å². The fourth-order valence-electron chi connectivity index (χ4n) is 6.67. The molecule has 4 heterocycles. The number of benzene rings is 1. The first-order chi connectivity index (χ1) is 21.2. The Morgan fingerprint density at radius 1 is 1.02 bits per heavy atom. The van der Waals surface area contributed by atoms with Crippen LogP contribution < -0.4 is 14.5 Å². The number of aliphatic carboxylic acids is 1. The zero-order valence-corrected chi connectivity index (χ0v) is 28.5. The fourth-order valence-corrected chi connectivity index (χ4v) is 6.67. The number of nitrogens with zero attached hydrogens (tertiary/aromatic N) is 5. The van der Waals surface area contributed by atoms with Gasteiger partial charge in [0.1, 0.15) is 12.1 Å². The van der Waals surface area contributed by atoms with Gasteiger partial charge in [0.2, 0.25) is 5.88 Å². The Kier molecular flexibility index (Phi) is 9.13. The summed E-state index contributed by atoms with van der Waals surface area (Å²) < 4.78 is 12.0. The van der Waals surface area contributed by atoms with E-state index in [1.165, 1.54) is 11.1 Å². The molecule has 0 unspecified atom stereocenters. The Bertz CT molecular complexity index is 1570. The zero-order valence-electron chi connectivity index (χ0n) is 28.5. The molecule has 9 heteroatoms. The lowest BCUT2D eigenvalue weighted by Gasteiger charge is -2.41. The van der Waals surface area contributed by atoms with Crippen LogP contribution >= 0.6 is 0 Å². The van der Waals surface area contributed by atoms with Gasteiger partial charge < -0.3 is 24.4 Å². The highest BCUT2D eigenvalue weighted by Crippen LogP contribution is 2.45. The highest BCUT2D eigenvalue weighted by molar-refractivity contribution is 5.88. The molecule has 2 aromatic heterocycles. The molecule has 9 nitrogen and oxygen atoms in total. The molecule has 1 aromatic carbocycles. The Labute approximate surface area is 268 Å². The molecule has 0 amide bonds. The van der Waals surface area contributed by atoms with Crippen molar-refractivity contribution in [2.75, 3.05) is 36.0 Å². The number of aromatic nitrogens is 3. The highest BCUT2D eigenvalue weighted by atomic mass is 16.5. The molecule has 0 spiro atoms. The summed E-state index contributed by atoms with van der Waals surface area (Å²) in [6.07, 6.45) is 3.36. The molecular weight excluding hydrogens is 566 g/mol. The van der Waals surface area contributed by atoms with Crippen molar-refractivity contribution in [3.8, 4) is 17.0 Å². The highest BCUT2D eigenvalue weighted by Gasteiger charge is 2.36. The summed E-state index contributed by atoms with van der Waals surface area (Å²) >= 11 is 0. The van der Waals surface area contributed by atoms with Crippen molar-refractivity contribution in [2.45, 2.75) is 99.8 Å². The summed E-state index contributed by atoms with van der Waals surface area (Å²) in [7, 11) is 0. The largest absolute Gasteiger partial charge is 0.479 e. The summed E-state index contributed by atoms with van der Waals surface area (Å²) in [6.45, 7) is 22.1. The van der Waals surface area contributed by atoms with Gasteiger partial charge in [-0.05, 0) is 89.8 Å². The van der Waals surface area contributed by atoms with Crippen molar-refractivity contribution in [3.05, 3.63) is 58.2 Å². The lowest BCUT2D eigenvalue weighted by molar-refractivity contribution is -0.160. The molecule has 0 bridgehead atoms. The van der Waals surface area contributed by atoms with E-state index in [1.807, 2.05) is 48.5 Å². The SMILES string of the molecule is CCOc1ncnc(N2CCc3cc(-c4c(C)nc(C)c([C@H](OC(C)(C)C)C(=O)O)c4N4CCC(C)(C)CC4)ccc3C2)c1C. The summed E-state index contributed by atoms with van der Waals surface area (Å²) in [5.74, 6) is 0.534. The first-order valence-corrected chi connectivity index (χ1v) is 16.2. The molecule has 0 saturated carbocycles. The van der Waals surface area contributed by atoms with Crippen molar-refractivity contribution in [3.63, 3.8) is 0 Å². The predicted octanol–water partition coefficient (Wildman–Crippen LogP) is 6.99. The molecule has 1 N–H and O–H groups in total. The van der Waals surface area contributed by atoms with Crippen molar-refractivity contribution in [1.29, 1.82) is 0 Å². The number of carbonyl (C=O) groups is 1. The van der Waals surface area contributed by atoms with Gasteiger partial charge in [0.25, 0.3) is 0 Å². The molecule has 1 atom stereocenters. The maximum Gasteiger partial charge on any atom is 0.337 e. The Balaban J connectivity index is 1.59.